The second-order valence-electron chi connectivity index (χ2n) is 5.92. The van der Waals surface area contributed by atoms with Gasteiger partial charge < -0.3 is 10.6 Å². The lowest BCUT2D eigenvalue weighted by Gasteiger charge is -2.25. The van der Waals surface area contributed by atoms with E-state index in [0.717, 1.165) is 32.4 Å². The van der Waals surface area contributed by atoms with E-state index in [4.69, 9.17) is 9.98 Å². The largest absolute Gasteiger partial charge is 0.388 e. The number of fused-ring (bicyclic) bond motifs is 1. The highest BCUT2D eigenvalue weighted by atomic mass is 14.9. The number of nitrogens with zero attached hydrogens (tertiary/aromatic N) is 2. The highest BCUT2D eigenvalue weighted by Crippen LogP contribution is 2.23. The normalized spacial score (nSPS) is 33.0. The zero-order valence-electron chi connectivity index (χ0n) is 13.3. The number of hydrogen-bond donors (Lipinski definition) is 2. The maximum Gasteiger partial charge on any atom is 0.0722 e. The Hall–Kier alpha value is -1.58. The summed E-state index contributed by atoms with van der Waals surface area (Å²) in [7, 11) is 0. The molecule has 4 heteroatoms. The van der Waals surface area contributed by atoms with Crippen molar-refractivity contribution in [1.29, 1.82) is 0 Å². The molecule has 0 aromatic heterocycles. The van der Waals surface area contributed by atoms with Crippen molar-refractivity contribution >= 4 is 12.4 Å². The SMILES string of the molecule is C/C1=C\C=N[C@@H]2CCCC[C@H]2N=C/C=C(\C)NCCCN1. The first kappa shape index (κ1) is 15.8. The Morgan fingerprint density at radius 2 is 1.29 bits per heavy atom. The van der Waals surface area contributed by atoms with Gasteiger partial charge in [-0.15, -0.1) is 0 Å². The van der Waals surface area contributed by atoms with E-state index >= 15 is 0 Å². The van der Waals surface area contributed by atoms with E-state index in [2.05, 4.69) is 36.6 Å². The van der Waals surface area contributed by atoms with Gasteiger partial charge in [0.1, 0.15) is 0 Å². The molecule has 0 saturated heterocycles. The molecule has 2 aliphatic rings. The molecule has 0 unspecified atom stereocenters. The average Bonchev–Trinajstić information content (AvgIpc) is 2.48. The second-order valence-corrected chi connectivity index (χ2v) is 5.92. The van der Waals surface area contributed by atoms with Gasteiger partial charge >= 0.3 is 0 Å². The van der Waals surface area contributed by atoms with E-state index in [-0.39, 0.29) is 0 Å². The van der Waals surface area contributed by atoms with Crippen molar-refractivity contribution in [2.24, 2.45) is 9.98 Å². The minimum Gasteiger partial charge on any atom is -0.388 e. The standard InChI is InChI=1S/C17H28N4/c1-14-8-12-20-16-6-3-4-7-17(16)21-13-9-15(2)19-11-5-10-18-14/h8-9,12-13,16-19H,3-7,10-11H2,1-2H3/b14-8+,15-9+,20-12?,21-13?/t16-,17-/m1/s1. The summed E-state index contributed by atoms with van der Waals surface area (Å²) in [5.74, 6) is 0. The van der Waals surface area contributed by atoms with Gasteiger partial charge in [0.25, 0.3) is 0 Å². The summed E-state index contributed by atoms with van der Waals surface area (Å²) in [6, 6.07) is 0.677. The van der Waals surface area contributed by atoms with Crippen LogP contribution in [0.15, 0.2) is 33.5 Å². The van der Waals surface area contributed by atoms with Crippen molar-refractivity contribution in [1.82, 2.24) is 10.6 Å². The average molecular weight is 288 g/mol. The monoisotopic (exact) mass is 288 g/mol. The fraction of sp³-hybridized carbons (Fsp3) is 0.647. The summed E-state index contributed by atoms with van der Waals surface area (Å²) >= 11 is 0. The molecule has 116 valence electrons. The van der Waals surface area contributed by atoms with E-state index in [1.807, 2.05) is 12.4 Å². The van der Waals surface area contributed by atoms with Crippen molar-refractivity contribution in [3.05, 3.63) is 23.5 Å². The number of aliphatic imine (C=N–C) groups is 2. The molecule has 2 N–H and O–H groups in total. The smallest absolute Gasteiger partial charge is 0.0722 e. The molecule has 21 heavy (non-hydrogen) atoms. The Kier molecular flexibility index (Phi) is 6.51. The van der Waals surface area contributed by atoms with Crippen LogP contribution in [0, 0.1) is 0 Å². The molecule has 1 aliphatic carbocycles. The lowest BCUT2D eigenvalue weighted by atomic mass is 9.91. The second kappa shape index (κ2) is 8.65. The topological polar surface area (TPSA) is 48.8 Å². The van der Waals surface area contributed by atoms with Crippen LogP contribution in [0.3, 0.4) is 0 Å². The van der Waals surface area contributed by atoms with Gasteiger partial charge in [-0.05, 0) is 45.3 Å². The summed E-state index contributed by atoms with van der Waals surface area (Å²) in [5, 5.41) is 6.84. The van der Waals surface area contributed by atoms with Crippen LogP contribution in [0.2, 0.25) is 0 Å². The maximum atomic E-state index is 4.73. The van der Waals surface area contributed by atoms with Gasteiger partial charge in [0, 0.05) is 36.9 Å². The van der Waals surface area contributed by atoms with Crippen LogP contribution in [0.1, 0.15) is 46.0 Å². The Bertz CT molecular complexity index is 394. The molecule has 0 radical (unpaired) electrons. The highest BCUT2D eigenvalue weighted by molar-refractivity contribution is 5.73. The molecule has 2 atom stereocenters. The zero-order valence-corrected chi connectivity index (χ0v) is 13.3. The predicted molar refractivity (Wildman–Crippen MR) is 91.2 cm³/mol. The predicted octanol–water partition coefficient (Wildman–Crippen LogP) is 2.83. The van der Waals surface area contributed by atoms with Crippen LogP contribution < -0.4 is 10.6 Å². The Labute approximate surface area is 128 Å². The first-order chi connectivity index (χ1) is 10.3. The molecule has 1 saturated carbocycles. The molecule has 0 aromatic carbocycles. The number of rotatable bonds is 0. The molecule has 1 fully saturated rings. The van der Waals surface area contributed by atoms with Crippen molar-refractivity contribution < 1.29 is 0 Å². The van der Waals surface area contributed by atoms with Crippen LogP contribution in [-0.2, 0) is 0 Å². The summed E-state index contributed by atoms with van der Waals surface area (Å²) in [4.78, 5) is 9.47. The zero-order chi connectivity index (χ0) is 14.9. The van der Waals surface area contributed by atoms with Gasteiger partial charge in [-0.3, -0.25) is 9.98 Å². The molecule has 1 aliphatic heterocycles. The first-order valence-corrected chi connectivity index (χ1v) is 8.13. The Balaban J connectivity index is 2.10. The molecule has 0 amide bonds. The van der Waals surface area contributed by atoms with Crippen LogP contribution in [0.4, 0.5) is 0 Å². The highest BCUT2D eigenvalue weighted by Gasteiger charge is 2.22. The number of hydrogen-bond acceptors (Lipinski definition) is 4. The van der Waals surface area contributed by atoms with E-state index in [0.29, 0.717) is 12.1 Å². The molecular formula is C17H28N4. The minimum atomic E-state index is 0.339. The Morgan fingerprint density at radius 3 is 1.76 bits per heavy atom. The summed E-state index contributed by atoms with van der Waals surface area (Å²) in [6.45, 7) is 6.16. The maximum absolute atomic E-state index is 4.73. The van der Waals surface area contributed by atoms with E-state index in [9.17, 15) is 0 Å². The van der Waals surface area contributed by atoms with E-state index in [1.54, 1.807) is 0 Å². The van der Waals surface area contributed by atoms with Crippen molar-refractivity contribution in [2.45, 2.75) is 58.0 Å². The molecule has 0 aromatic rings. The first-order valence-electron chi connectivity index (χ1n) is 8.13. The Morgan fingerprint density at radius 1 is 0.810 bits per heavy atom. The summed E-state index contributed by atoms with van der Waals surface area (Å²) in [5.41, 5.74) is 2.36. The van der Waals surface area contributed by atoms with Gasteiger partial charge in [-0.25, -0.2) is 0 Å². The number of allylic oxidation sites excluding steroid dienone is 4. The summed E-state index contributed by atoms with van der Waals surface area (Å²) < 4.78 is 0. The van der Waals surface area contributed by atoms with Gasteiger partial charge in [-0.2, -0.15) is 0 Å². The molecule has 2 rings (SSSR count). The lowest BCUT2D eigenvalue weighted by Crippen LogP contribution is -2.27. The third-order valence-electron chi connectivity index (χ3n) is 4.06. The van der Waals surface area contributed by atoms with Crippen LogP contribution in [0.5, 0.6) is 0 Å². The van der Waals surface area contributed by atoms with Crippen LogP contribution in [0.25, 0.3) is 0 Å². The third-order valence-corrected chi connectivity index (χ3v) is 4.06. The van der Waals surface area contributed by atoms with Gasteiger partial charge in [0.15, 0.2) is 0 Å². The van der Waals surface area contributed by atoms with Crippen LogP contribution >= 0.6 is 0 Å². The fourth-order valence-electron chi connectivity index (χ4n) is 2.75. The molecular weight excluding hydrogens is 260 g/mol. The van der Waals surface area contributed by atoms with Crippen molar-refractivity contribution in [2.75, 3.05) is 13.1 Å². The van der Waals surface area contributed by atoms with Crippen LogP contribution in [-0.4, -0.2) is 37.6 Å². The fourth-order valence-corrected chi connectivity index (χ4v) is 2.75. The quantitative estimate of drug-likeness (QED) is 0.720. The third kappa shape index (κ3) is 5.74. The van der Waals surface area contributed by atoms with Crippen molar-refractivity contribution in [3.63, 3.8) is 0 Å². The summed E-state index contributed by atoms with van der Waals surface area (Å²) in [6.07, 6.45) is 14.0. The van der Waals surface area contributed by atoms with E-state index < -0.39 is 0 Å². The molecule has 1 heterocycles. The molecule has 0 spiro atoms. The lowest BCUT2D eigenvalue weighted by molar-refractivity contribution is 0.390. The molecule has 4 nitrogen and oxygen atoms in total. The van der Waals surface area contributed by atoms with Gasteiger partial charge in [-0.1, -0.05) is 12.8 Å². The minimum absolute atomic E-state index is 0.339. The van der Waals surface area contributed by atoms with Gasteiger partial charge in [0.2, 0.25) is 0 Å². The van der Waals surface area contributed by atoms with Gasteiger partial charge in [0.05, 0.1) is 12.1 Å². The number of nitrogens with one attached hydrogen (secondary N) is 2. The molecule has 0 bridgehead atoms. The van der Waals surface area contributed by atoms with E-state index in [1.165, 1.54) is 24.2 Å². The van der Waals surface area contributed by atoms with Crippen molar-refractivity contribution in [3.8, 4) is 0 Å².